The lowest BCUT2D eigenvalue weighted by molar-refractivity contribution is -0.134. The number of piperidine rings is 1. The molecular weight excluding hydrogens is 162 g/mol. The fourth-order valence-electron chi connectivity index (χ4n) is 1.97. The topological polar surface area (TPSA) is 20.3 Å². The molecule has 0 aromatic carbocycles. The number of hydrogen-bond acceptors (Lipinski definition) is 1. The Labute approximate surface area is 80.6 Å². The summed E-state index contributed by atoms with van der Waals surface area (Å²) < 4.78 is 0. The van der Waals surface area contributed by atoms with Gasteiger partial charge in [0.1, 0.15) is 0 Å². The lowest BCUT2D eigenvalue weighted by Gasteiger charge is -2.35. The van der Waals surface area contributed by atoms with Crippen molar-refractivity contribution in [2.45, 2.75) is 45.1 Å². The predicted octanol–water partition coefficient (Wildman–Crippen LogP) is 2.35. The largest absolute Gasteiger partial charge is 0.339 e. The van der Waals surface area contributed by atoms with Gasteiger partial charge in [-0.3, -0.25) is 4.79 Å². The summed E-state index contributed by atoms with van der Waals surface area (Å²) in [5.41, 5.74) is 0. The molecule has 1 heterocycles. The van der Waals surface area contributed by atoms with Crippen LogP contribution in [0.2, 0.25) is 0 Å². The van der Waals surface area contributed by atoms with E-state index >= 15 is 0 Å². The van der Waals surface area contributed by atoms with Gasteiger partial charge < -0.3 is 4.90 Å². The van der Waals surface area contributed by atoms with Crippen LogP contribution in [0, 0.1) is 0 Å². The first-order chi connectivity index (χ1) is 6.29. The third kappa shape index (κ3) is 2.58. The molecule has 0 N–H and O–H groups in total. The van der Waals surface area contributed by atoms with Gasteiger partial charge in [0.15, 0.2) is 0 Å². The highest BCUT2D eigenvalue weighted by Crippen LogP contribution is 2.20. The van der Waals surface area contributed by atoms with Crippen molar-refractivity contribution in [1.82, 2.24) is 4.90 Å². The van der Waals surface area contributed by atoms with Crippen LogP contribution in [0.5, 0.6) is 0 Å². The Hall–Kier alpha value is -0.790. The SMILES string of the molecule is C=CCC1CCCCN1C(=O)CC. The first-order valence-corrected chi connectivity index (χ1v) is 5.20. The lowest BCUT2D eigenvalue weighted by Crippen LogP contribution is -2.43. The molecule has 1 amide bonds. The zero-order chi connectivity index (χ0) is 9.68. The fraction of sp³-hybridized carbons (Fsp3) is 0.727. The van der Waals surface area contributed by atoms with Crippen molar-refractivity contribution in [1.29, 1.82) is 0 Å². The Balaban J connectivity index is 2.55. The lowest BCUT2D eigenvalue weighted by atomic mass is 9.99. The van der Waals surface area contributed by atoms with Crippen molar-refractivity contribution in [3.8, 4) is 0 Å². The van der Waals surface area contributed by atoms with Crippen molar-refractivity contribution < 1.29 is 4.79 Å². The summed E-state index contributed by atoms with van der Waals surface area (Å²) in [5, 5.41) is 0. The molecule has 0 aromatic rings. The summed E-state index contributed by atoms with van der Waals surface area (Å²) in [6, 6.07) is 0.429. The molecule has 1 rings (SSSR count). The second-order valence-corrected chi connectivity index (χ2v) is 3.61. The molecule has 0 bridgehead atoms. The molecule has 0 aromatic heterocycles. The number of rotatable bonds is 3. The standard InChI is InChI=1S/C11H19NO/c1-3-7-10-8-5-6-9-12(10)11(13)4-2/h3,10H,1,4-9H2,2H3. The molecule has 0 aliphatic carbocycles. The van der Waals surface area contributed by atoms with E-state index in [1.807, 2.05) is 17.9 Å². The first kappa shape index (κ1) is 10.3. The highest BCUT2D eigenvalue weighted by Gasteiger charge is 2.23. The van der Waals surface area contributed by atoms with Crippen LogP contribution in [0.1, 0.15) is 39.0 Å². The van der Waals surface area contributed by atoms with E-state index in [2.05, 4.69) is 6.58 Å². The first-order valence-electron chi connectivity index (χ1n) is 5.20. The summed E-state index contributed by atoms with van der Waals surface area (Å²) in [7, 11) is 0. The van der Waals surface area contributed by atoms with Gasteiger partial charge in [0, 0.05) is 19.0 Å². The normalized spacial score (nSPS) is 22.8. The molecular formula is C11H19NO. The number of likely N-dealkylation sites (tertiary alicyclic amines) is 1. The van der Waals surface area contributed by atoms with E-state index in [1.165, 1.54) is 12.8 Å². The molecule has 1 fully saturated rings. The zero-order valence-electron chi connectivity index (χ0n) is 8.46. The summed E-state index contributed by atoms with van der Waals surface area (Å²) in [6.07, 6.45) is 7.08. The van der Waals surface area contributed by atoms with Crippen LogP contribution in [0.3, 0.4) is 0 Å². The molecule has 1 atom stereocenters. The number of amides is 1. The third-order valence-electron chi connectivity index (χ3n) is 2.69. The second-order valence-electron chi connectivity index (χ2n) is 3.61. The Kier molecular flexibility index (Phi) is 4.00. The molecule has 2 nitrogen and oxygen atoms in total. The van der Waals surface area contributed by atoms with Crippen molar-refractivity contribution in [3.05, 3.63) is 12.7 Å². The van der Waals surface area contributed by atoms with Gasteiger partial charge in [-0.25, -0.2) is 0 Å². The van der Waals surface area contributed by atoms with E-state index in [-0.39, 0.29) is 0 Å². The van der Waals surface area contributed by atoms with Gasteiger partial charge in [-0.1, -0.05) is 13.0 Å². The minimum Gasteiger partial charge on any atom is -0.339 e. The Bertz CT molecular complexity index is 189. The van der Waals surface area contributed by atoms with Gasteiger partial charge in [0.05, 0.1) is 0 Å². The van der Waals surface area contributed by atoms with E-state index in [0.29, 0.717) is 18.4 Å². The number of carbonyl (C=O) groups is 1. The van der Waals surface area contributed by atoms with Crippen molar-refractivity contribution in [2.24, 2.45) is 0 Å². The Morgan fingerprint density at radius 2 is 2.38 bits per heavy atom. The van der Waals surface area contributed by atoms with Crippen LogP contribution in [0.25, 0.3) is 0 Å². The van der Waals surface area contributed by atoms with Crippen molar-refractivity contribution >= 4 is 5.91 Å². The summed E-state index contributed by atoms with van der Waals surface area (Å²) in [6.45, 7) is 6.62. The summed E-state index contributed by atoms with van der Waals surface area (Å²) in [5.74, 6) is 0.298. The van der Waals surface area contributed by atoms with Crippen molar-refractivity contribution in [3.63, 3.8) is 0 Å². The van der Waals surface area contributed by atoms with E-state index in [4.69, 9.17) is 0 Å². The van der Waals surface area contributed by atoms with Crippen LogP contribution in [-0.2, 0) is 4.79 Å². The van der Waals surface area contributed by atoms with Gasteiger partial charge in [-0.15, -0.1) is 6.58 Å². The Morgan fingerprint density at radius 3 is 3.00 bits per heavy atom. The van der Waals surface area contributed by atoms with Crippen LogP contribution in [0.4, 0.5) is 0 Å². The van der Waals surface area contributed by atoms with Crippen LogP contribution >= 0.6 is 0 Å². The summed E-state index contributed by atoms with van der Waals surface area (Å²) >= 11 is 0. The highest BCUT2D eigenvalue weighted by atomic mass is 16.2. The molecule has 74 valence electrons. The minimum absolute atomic E-state index is 0.298. The maximum Gasteiger partial charge on any atom is 0.222 e. The van der Waals surface area contributed by atoms with E-state index in [9.17, 15) is 4.79 Å². The van der Waals surface area contributed by atoms with Gasteiger partial charge in [0.25, 0.3) is 0 Å². The molecule has 0 saturated carbocycles. The molecule has 0 spiro atoms. The summed E-state index contributed by atoms with van der Waals surface area (Å²) in [4.78, 5) is 13.6. The van der Waals surface area contributed by atoms with E-state index in [1.54, 1.807) is 0 Å². The maximum absolute atomic E-state index is 11.5. The van der Waals surface area contributed by atoms with Crippen LogP contribution in [-0.4, -0.2) is 23.4 Å². The smallest absolute Gasteiger partial charge is 0.222 e. The molecule has 1 aliphatic rings. The molecule has 1 saturated heterocycles. The Morgan fingerprint density at radius 1 is 1.62 bits per heavy atom. The van der Waals surface area contributed by atoms with Gasteiger partial charge in [-0.2, -0.15) is 0 Å². The molecule has 1 unspecified atom stereocenters. The average molecular weight is 181 g/mol. The second kappa shape index (κ2) is 5.05. The molecule has 13 heavy (non-hydrogen) atoms. The molecule has 1 aliphatic heterocycles. The van der Waals surface area contributed by atoms with Crippen LogP contribution in [0.15, 0.2) is 12.7 Å². The van der Waals surface area contributed by atoms with Gasteiger partial charge >= 0.3 is 0 Å². The highest BCUT2D eigenvalue weighted by molar-refractivity contribution is 5.76. The quantitative estimate of drug-likeness (QED) is 0.612. The van der Waals surface area contributed by atoms with Gasteiger partial charge in [-0.05, 0) is 25.7 Å². The monoisotopic (exact) mass is 181 g/mol. The molecule has 2 heteroatoms. The zero-order valence-corrected chi connectivity index (χ0v) is 8.46. The number of carbonyl (C=O) groups excluding carboxylic acids is 1. The van der Waals surface area contributed by atoms with E-state index in [0.717, 1.165) is 19.4 Å². The fourth-order valence-corrected chi connectivity index (χ4v) is 1.97. The van der Waals surface area contributed by atoms with Gasteiger partial charge in [0.2, 0.25) is 5.91 Å². The molecule has 0 radical (unpaired) electrons. The maximum atomic E-state index is 11.5. The predicted molar refractivity (Wildman–Crippen MR) is 54.5 cm³/mol. The van der Waals surface area contributed by atoms with Crippen LogP contribution < -0.4 is 0 Å². The van der Waals surface area contributed by atoms with Crippen molar-refractivity contribution in [2.75, 3.05) is 6.54 Å². The number of hydrogen-bond donors (Lipinski definition) is 0. The third-order valence-corrected chi connectivity index (χ3v) is 2.69. The average Bonchev–Trinajstić information content (AvgIpc) is 2.18. The minimum atomic E-state index is 0.298. The number of nitrogens with zero attached hydrogens (tertiary/aromatic N) is 1. The van der Waals surface area contributed by atoms with E-state index < -0.39 is 0 Å².